The van der Waals surface area contributed by atoms with Crippen LogP contribution in [-0.2, 0) is 0 Å². The third-order valence-corrected chi connectivity index (χ3v) is 10.7. The van der Waals surface area contributed by atoms with Crippen LogP contribution in [0.15, 0.2) is 121 Å². The van der Waals surface area contributed by atoms with Crippen LogP contribution in [0.5, 0.6) is 0 Å². The van der Waals surface area contributed by atoms with Gasteiger partial charge in [-0.2, -0.15) is 0 Å². The highest BCUT2D eigenvalue weighted by atomic mass is 32.1. The molecule has 0 aliphatic rings. The molecule has 0 bridgehead atoms. The Labute approximate surface area is 247 Å². The van der Waals surface area contributed by atoms with Crippen LogP contribution in [0.3, 0.4) is 0 Å². The Balaban J connectivity index is 1.46. The molecule has 0 N–H and O–H groups in total. The molecule has 198 valence electrons. The summed E-state index contributed by atoms with van der Waals surface area (Å²) in [4.78, 5) is 0. The van der Waals surface area contributed by atoms with E-state index < -0.39 is 0 Å². The van der Waals surface area contributed by atoms with Crippen molar-refractivity contribution in [3.05, 3.63) is 133 Å². The Hall–Kier alpha value is -4.64. The fourth-order valence-electron chi connectivity index (χ4n) is 6.50. The molecule has 7 aromatic carbocycles. The van der Waals surface area contributed by atoms with Crippen LogP contribution in [0.1, 0.15) is 0 Å². The molecule has 4 heteroatoms. The first kappa shape index (κ1) is 24.0. The number of hydrogen-bond acceptors (Lipinski definition) is 2. The minimum atomic E-state index is -0.230. The standard InChI is InChI=1S/C38H20F2S2/c39-25-13-7-21(8-14-25)23-12-18-32-29(19-23)35-27-3-1-5-33-37(27)36(28-4-2-6-34(42-32)38(28)35)30-20-24(11-17-31(30)41-33)22-9-15-26(40)16-10-22/h1-20H. The van der Waals surface area contributed by atoms with Crippen molar-refractivity contribution in [3.63, 3.8) is 0 Å². The molecule has 0 spiro atoms. The Morgan fingerprint density at radius 2 is 0.738 bits per heavy atom. The van der Waals surface area contributed by atoms with Gasteiger partial charge in [0.2, 0.25) is 0 Å². The quantitative estimate of drug-likeness (QED) is 0.141. The van der Waals surface area contributed by atoms with Gasteiger partial charge in [0.05, 0.1) is 0 Å². The molecule has 0 aliphatic heterocycles. The molecule has 9 aromatic rings. The fourth-order valence-corrected chi connectivity index (χ4v) is 8.71. The molecular weight excluding hydrogens is 559 g/mol. The monoisotopic (exact) mass is 578 g/mol. The average Bonchev–Trinajstić information content (AvgIpc) is 3.02. The first-order valence-corrected chi connectivity index (χ1v) is 15.4. The SMILES string of the molecule is Fc1ccc(-c2ccc3sc4cccc5c4c(c3c2)c2cccc3sc4ccc(-c6ccc(F)cc6)cc4c5c32)cc1. The van der Waals surface area contributed by atoms with Crippen molar-refractivity contribution in [2.24, 2.45) is 0 Å². The number of halogens is 2. The minimum absolute atomic E-state index is 0.230. The van der Waals surface area contributed by atoms with Gasteiger partial charge in [-0.1, -0.05) is 60.7 Å². The highest BCUT2D eigenvalue weighted by Crippen LogP contribution is 2.49. The maximum atomic E-state index is 13.7. The van der Waals surface area contributed by atoms with Gasteiger partial charge in [0, 0.05) is 51.1 Å². The van der Waals surface area contributed by atoms with Gasteiger partial charge in [0.25, 0.3) is 0 Å². The van der Waals surface area contributed by atoms with Crippen molar-refractivity contribution in [3.8, 4) is 22.3 Å². The number of hydrogen-bond donors (Lipinski definition) is 0. The van der Waals surface area contributed by atoms with Crippen LogP contribution in [-0.4, -0.2) is 0 Å². The summed E-state index contributed by atoms with van der Waals surface area (Å²) in [5.74, 6) is -0.460. The smallest absolute Gasteiger partial charge is 0.123 e. The van der Waals surface area contributed by atoms with Crippen LogP contribution in [0.2, 0.25) is 0 Å². The summed E-state index contributed by atoms with van der Waals surface area (Å²) in [5.41, 5.74) is 4.15. The molecule has 9 rings (SSSR count). The van der Waals surface area contributed by atoms with E-state index in [2.05, 4.69) is 72.8 Å². The average molecular weight is 579 g/mol. The third kappa shape index (κ3) is 3.49. The van der Waals surface area contributed by atoms with Gasteiger partial charge in [0.1, 0.15) is 11.6 Å². The van der Waals surface area contributed by atoms with Crippen LogP contribution in [0.4, 0.5) is 8.78 Å². The van der Waals surface area contributed by atoms with E-state index in [0.717, 1.165) is 22.3 Å². The molecule has 0 radical (unpaired) electrons. The predicted octanol–water partition coefficient (Wildman–Crippen LogP) is 12.3. The molecule has 0 amide bonds. The summed E-state index contributed by atoms with van der Waals surface area (Å²) in [6.07, 6.45) is 0. The predicted molar refractivity (Wildman–Crippen MR) is 178 cm³/mol. The molecule has 42 heavy (non-hydrogen) atoms. The second-order valence-electron chi connectivity index (χ2n) is 10.7. The summed E-state index contributed by atoms with van der Waals surface area (Å²) in [5, 5.41) is 9.98. The summed E-state index contributed by atoms with van der Waals surface area (Å²) < 4.78 is 32.4. The van der Waals surface area contributed by atoms with Gasteiger partial charge in [-0.25, -0.2) is 8.78 Å². The van der Waals surface area contributed by atoms with Gasteiger partial charge in [-0.05, 0) is 93.7 Å². The van der Waals surface area contributed by atoms with Gasteiger partial charge in [-0.15, -0.1) is 22.7 Å². The molecule has 0 nitrogen and oxygen atoms in total. The van der Waals surface area contributed by atoms with Crippen molar-refractivity contribution in [1.29, 1.82) is 0 Å². The number of fused-ring (bicyclic) bond motifs is 6. The van der Waals surface area contributed by atoms with Crippen LogP contribution in [0, 0.1) is 11.6 Å². The van der Waals surface area contributed by atoms with Gasteiger partial charge in [-0.3, -0.25) is 0 Å². The van der Waals surface area contributed by atoms with E-state index in [9.17, 15) is 8.78 Å². The van der Waals surface area contributed by atoms with E-state index >= 15 is 0 Å². The molecule has 0 aliphatic carbocycles. The Bertz CT molecular complexity index is 2340. The molecular formula is C38H20F2S2. The van der Waals surface area contributed by atoms with Gasteiger partial charge < -0.3 is 0 Å². The zero-order chi connectivity index (χ0) is 27.9. The van der Waals surface area contributed by atoms with E-state index in [1.165, 1.54) is 86.2 Å². The van der Waals surface area contributed by atoms with Crippen molar-refractivity contribution in [1.82, 2.24) is 0 Å². The van der Waals surface area contributed by atoms with E-state index in [0.29, 0.717) is 0 Å². The summed E-state index contributed by atoms with van der Waals surface area (Å²) >= 11 is 3.63. The number of benzene rings is 7. The Kier molecular flexibility index (Phi) is 5.10. The lowest BCUT2D eigenvalue weighted by atomic mass is 9.90. The third-order valence-electron chi connectivity index (χ3n) is 8.38. The van der Waals surface area contributed by atoms with Gasteiger partial charge >= 0.3 is 0 Å². The molecule has 2 heterocycles. The van der Waals surface area contributed by atoms with Crippen molar-refractivity contribution < 1.29 is 8.78 Å². The Morgan fingerprint density at radius 3 is 1.17 bits per heavy atom. The van der Waals surface area contributed by atoms with E-state index in [1.54, 1.807) is 0 Å². The highest BCUT2D eigenvalue weighted by Gasteiger charge is 2.19. The molecule has 0 atom stereocenters. The summed E-state index contributed by atoms with van der Waals surface area (Å²) in [6.45, 7) is 0. The lowest BCUT2D eigenvalue weighted by Crippen LogP contribution is -1.89. The second kappa shape index (κ2) is 8.93. The first-order chi connectivity index (χ1) is 20.6. The highest BCUT2D eigenvalue weighted by molar-refractivity contribution is 7.26. The molecule has 0 saturated carbocycles. The minimum Gasteiger partial charge on any atom is -0.207 e. The molecule has 0 fully saturated rings. The summed E-state index contributed by atoms with van der Waals surface area (Å²) in [6, 6.07) is 40.0. The summed E-state index contributed by atoms with van der Waals surface area (Å²) in [7, 11) is 0. The topological polar surface area (TPSA) is 0 Å². The normalized spacial score (nSPS) is 12.0. The lowest BCUT2D eigenvalue weighted by molar-refractivity contribution is 0.627. The first-order valence-electron chi connectivity index (χ1n) is 13.8. The zero-order valence-electron chi connectivity index (χ0n) is 22.1. The fraction of sp³-hybridized carbons (Fsp3) is 0. The molecule has 2 aromatic heterocycles. The maximum Gasteiger partial charge on any atom is 0.123 e. The molecule has 0 saturated heterocycles. The van der Waals surface area contributed by atoms with Crippen molar-refractivity contribution in [2.45, 2.75) is 0 Å². The molecule has 0 unspecified atom stereocenters. The maximum absolute atomic E-state index is 13.7. The largest absolute Gasteiger partial charge is 0.207 e. The second-order valence-corrected chi connectivity index (χ2v) is 12.9. The van der Waals surface area contributed by atoms with Crippen LogP contribution in [0.25, 0.3) is 84.1 Å². The van der Waals surface area contributed by atoms with E-state index in [1.807, 2.05) is 46.9 Å². The zero-order valence-corrected chi connectivity index (χ0v) is 23.8. The van der Waals surface area contributed by atoms with Crippen molar-refractivity contribution >= 4 is 84.6 Å². The number of rotatable bonds is 2. The van der Waals surface area contributed by atoms with E-state index in [4.69, 9.17) is 0 Å². The Morgan fingerprint density at radius 1 is 0.333 bits per heavy atom. The lowest BCUT2D eigenvalue weighted by Gasteiger charge is -2.18. The van der Waals surface area contributed by atoms with Crippen LogP contribution >= 0.6 is 22.7 Å². The van der Waals surface area contributed by atoms with E-state index in [-0.39, 0.29) is 11.6 Å². The van der Waals surface area contributed by atoms with Crippen molar-refractivity contribution in [2.75, 3.05) is 0 Å². The van der Waals surface area contributed by atoms with Crippen LogP contribution < -0.4 is 0 Å². The van der Waals surface area contributed by atoms with Gasteiger partial charge in [0.15, 0.2) is 0 Å².